The number of hydrogen-bond donors (Lipinski definition) is 1. The van der Waals surface area contributed by atoms with Crippen LogP contribution in [0.5, 0.6) is 0 Å². The van der Waals surface area contributed by atoms with E-state index < -0.39 is 5.60 Å². The van der Waals surface area contributed by atoms with Crippen LogP contribution in [0.3, 0.4) is 0 Å². The fourth-order valence-corrected chi connectivity index (χ4v) is 2.53. The highest BCUT2D eigenvalue weighted by atomic mass is 16.6. The second kappa shape index (κ2) is 9.84. The second-order valence-electron chi connectivity index (χ2n) is 6.18. The molecule has 20 heavy (non-hydrogen) atoms. The summed E-state index contributed by atoms with van der Waals surface area (Å²) in [6.45, 7) is 13.5. The Kier molecular flexibility index (Phi) is 9.35. The molecule has 118 valence electrons. The summed E-state index contributed by atoms with van der Waals surface area (Å²) in [4.78, 5) is 11.8. The number of carbonyl (C=O) groups excluding carboxylic acids is 1. The average molecular weight is 283 g/mol. The van der Waals surface area contributed by atoms with Gasteiger partial charge in [0.15, 0.2) is 0 Å². The van der Waals surface area contributed by atoms with Crippen LogP contribution >= 0.6 is 0 Å². The fraction of sp³-hybridized carbons (Fsp3) is 0.824. The third kappa shape index (κ3) is 8.23. The highest BCUT2D eigenvalue weighted by Crippen LogP contribution is 2.26. The van der Waals surface area contributed by atoms with Gasteiger partial charge in [0, 0.05) is 6.04 Å². The molecular weight excluding hydrogens is 250 g/mol. The summed E-state index contributed by atoms with van der Waals surface area (Å²) in [7, 11) is 0. The number of amides is 1. The van der Waals surface area contributed by atoms with Crippen molar-refractivity contribution in [3.05, 3.63) is 12.7 Å². The van der Waals surface area contributed by atoms with Crippen molar-refractivity contribution in [1.29, 1.82) is 0 Å². The molecule has 0 spiro atoms. The smallest absolute Gasteiger partial charge is 0.407 e. The minimum absolute atomic E-state index is 0.236. The second-order valence-corrected chi connectivity index (χ2v) is 6.18. The predicted molar refractivity (Wildman–Crippen MR) is 85.9 cm³/mol. The molecule has 0 bridgehead atoms. The normalized spacial score (nSPS) is 22.9. The third-order valence-electron chi connectivity index (χ3n) is 3.33. The highest BCUT2D eigenvalue weighted by molar-refractivity contribution is 5.68. The molecule has 0 aromatic heterocycles. The van der Waals surface area contributed by atoms with Crippen LogP contribution in [0.15, 0.2) is 12.7 Å². The maximum atomic E-state index is 11.8. The van der Waals surface area contributed by atoms with E-state index in [-0.39, 0.29) is 12.1 Å². The Morgan fingerprint density at radius 1 is 1.25 bits per heavy atom. The first-order valence-electron chi connectivity index (χ1n) is 8.03. The fourth-order valence-electron chi connectivity index (χ4n) is 2.53. The van der Waals surface area contributed by atoms with Crippen molar-refractivity contribution in [2.24, 2.45) is 5.92 Å². The van der Waals surface area contributed by atoms with Crippen molar-refractivity contribution in [2.75, 3.05) is 0 Å². The van der Waals surface area contributed by atoms with Crippen molar-refractivity contribution in [3.63, 3.8) is 0 Å². The van der Waals surface area contributed by atoms with Gasteiger partial charge in [-0.2, -0.15) is 0 Å². The first-order chi connectivity index (χ1) is 9.42. The molecule has 1 fully saturated rings. The Labute approximate surface area is 125 Å². The van der Waals surface area contributed by atoms with Crippen LogP contribution in [0.25, 0.3) is 0 Å². The van der Waals surface area contributed by atoms with Crippen molar-refractivity contribution in [3.8, 4) is 0 Å². The van der Waals surface area contributed by atoms with Crippen LogP contribution in [-0.2, 0) is 4.74 Å². The van der Waals surface area contributed by atoms with Crippen molar-refractivity contribution >= 4 is 6.09 Å². The summed E-state index contributed by atoms with van der Waals surface area (Å²) in [6.07, 6.45) is 8.58. The first-order valence-corrected chi connectivity index (χ1v) is 8.03. The highest BCUT2D eigenvalue weighted by Gasteiger charge is 2.26. The Morgan fingerprint density at radius 3 is 2.40 bits per heavy atom. The summed E-state index contributed by atoms with van der Waals surface area (Å²) < 4.78 is 5.33. The zero-order valence-electron chi connectivity index (χ0n) is 14.0. The number of allylic oxidation sites excluding steroid dienone is 1. The summed E-state index contributed by atoms with van der Waals surface area (Å²) in [5.74, 6) is 0.512. The third-order valence-corrected chi connectivity index (χ3v) is 3.33. The minimum atomic E-state index is -0.428. The lowest BCUT2D eigenvalue weighted by molar-refractivity contribution is 0.0483. The van der Waals surface area contributed by atoms with Crippen LogP contribution in [-0.4, -0.2) is 17.7 Å². The summed E-state index contributed by atoms with van der Waals surface area (Å²) >= 11 is 0. The van der Waals surface area contributed by atoms with E-state index in [1.807, 2.05) is 40.7 Å². The summed E-state index contributed by atoms with van der Waals surface area (Å²) in [5.41, 5.74) is -0.428. The lowest BCUT2D eigenvalue weighted by atomic mass is 9.92. The molecule has 1 aliphatic carbocycles. The molecule has 0 radical (unpaired) electrons. The first kappa shape index (κ1) is 19.0. The van der Waals surface area contributed by atoms with E-state index in [0.29, 0.717) is 5.92 Å². The van der Waals surface area contributed by atoms with Crippen molar-refractivity contribution in [1.82, 2.24) is 5.32 Å². The van der Waals surface area contributed by atoms with Crippen LogP contribution in [0.4, 0.5) is 4.79 Å². The molecule has 0 aliphatic heterocycles. The van der Waals surface area contributed by atoms with Crippen molar-refractivity contribution < 1.29 is 9.53 Å². The predicted octanol–water partition coefficient (Wildman–Crippen LogP) is 5.06. The molecule has 0 unspecified atom stereocenters. The SMILES string of the molecule is C=CC[C@@H]1CCCCC[C@H]1NC(=O)OC(C)(C)C.CC. The van der Waals surface area contributed by atoms with Crippen LogP contribution in [0.1, 0.15) is 73.1 Å². The topological polar surface area (TPSA) is 38.3 Å². The van der Waals surface area contributed by atoms with Gasteiger partial charge in [0.05, 0.1) is 0 Å². The number of hydrogen-bond acceptors (Lipinski definition) is 2. The number of ether oxygens (including phenoxy) is 1. The lowest BCUT2D eigenvalue weighted by Crippen LogP contribution is -2.42. The van der Waals surface area contributed by atoms with Gasteiger partial charge in [-0.05, 0) is 46.0 Å². The van der Waals surface area contributed by atoms with Gasteiger partial charge >= 0.3 is 6.09 Å². The van der Waals surface area contributed by atoms with Gasteiger partial charge in [0.1, 0.15) is 5.60 Å². The Morgan fingerprint density at radius 2 is 1.85 bits per heavy atom. The van der Waals surface area contributed by atoms with E-state index in [1.165, 1.54) is 25.7 Å². The van der Waals surface area contributed by atoms with E-state index in [2.05, 4.69) is 11.9 Å². The molecule has 1 rings (SSSR count). The summed E-state index contributed by atoms with van der Waals surface area (Å²) in [6, 6.07) is 0.236. The molecule has 0 aromatic carbocycles. The molecule has 0 saturated heterocycles. The van der Waals surface area contributed by atoms with Crippen LogP contribution < -0.4 is 5.32 Å². The largest absolute Gasteiger partial charge is 0.444 e. The average Bonchev–Trinajstić information content (AvgIpc) is 2.56. The molecule has 1 aliphatic rings. The molecule has 0 aromatic rings. The Bertz CT molecular complexity index is 281. The van der Waals surface area contributed by atoms with E-state index in [4.69, 9.17) is 4.74 Å². The molecule has 2 atom stereocenters. The zero-order valence-corrected chi connectivity index (χ0v) is 14.0. The van der Waals surface area contributed by atoms with Gasteiger partial charge < -0.3 is 10.1 Å². The molecule has 0 heterocycles. The van der Waals surface area contributed by atoms with E-state index >= 15 is 0 Å². The van der Waals surface area contributed by atoms with E-state index in [9.17, 15) is 4.79 Å². The van der Waals surface area contributed by atoms with E-state index in [1.54, 1.807) is 0 Å². The molecule has 1 saturated carbocycles. The standard InChI is InChI=1S/C15H27NO2.C2H6/c1-5-9-12-10-7-6-8-11-13(12)16-14(17)18-15(2,3)4;1-2/h5,12-13H,1,6-11H2,2-4H3,(H,16,17);1-2H3/t12-,13-;/m1./s1. The van der Waals surface area contributed by atoms with Gasteiger partial charge in [0.2, 0.25) is 0 Å². The van der Waals surface area contributed by atoms with Crippen LogP contribution in [0, 0.1) is 5.92 Å². The van der Waals surface area contributed by atoms with E-state index in [0.717, 1.165) is 12.8 Å². The Balaban J connectivity index is 0.00000172. The van der Waals surface area contributed by atoms with Gasteiger partial charge in [-0.1, -0.05) is 39.2 Å². The molecule has 1 amide bonds. The lowest BCUT2D eigenvalue weighted by Gasteiger charge is -2.27. The maximum absolute atomic E-state index is 11.8. The quantitative estimate of drug-likeness (QED) is 0.580. The van der Waals surface area contributed by atoms with Gasteiger partial charge in [0.25, 0.3) is 0 Å². The maximum Gasteiger partial charge on any atom is 0.407 e. The number of alkyl carbamates (subject to hydrolysis) is 1. The summed E-state index contributed by atoms with van der Waals surface area (Å²) in [5, 5.41) is 3.04. The monoisotopic (exact) mass is 283 g/mol. The minimum Gasteiger partial charge on any atom is -0.444 e. The van der Waals surface area contributed by atoms with Gasteiger partial charge in [-0.3, -0.25) is 0 Å². The molecule has 3 nitrogen and oxygen atoms in total. The molecule has 1 N–H and O–H groups in total. The number of rotatable bonds is 3. The van der Waals surface area contributed by atoms with Gasteiger partial charge in [-0.15, -0.1) is 6.58 Å². The molecule has 3 heteroatoms. The van der Waals surface area contributed by atoms with Gasteiger partial charge in [-0.25, -0.2) is 4.79 Å². The number of carbonyl (C=O) groups is 1. The molecular formula is C17H33NO2. The van der Waals surface area contributed by atoms with Crippen molar-refractivity contribution in [2.45, 2.75) is 84.8 Å². The zero-order chi connectivity index (χ0) is 15.6. The Hall–Kier alpha value is -0.990. The number of nitrogens with one attached hydrogen (secondary N) is 1. The van der Waals surface area contributed by atoms with Crippen LogP contribution in [0.2, 0.25) is 0 Å².